The number of esters is 1. The number of oxime groups is 1. The van der Waals surface area contributed by atoms with Crippen LogP contribution < -0.4 is 4.74 Å². The normalized spacial score (nSPS) is 10.4. The summed E-state index contributed by atoms with van der Waals surface area (Å²) in [6, 6.07) is 17.5. The fraction of sp³-hybridized carbons (Fsp3) is 0.176. The van der Waals surface area contributed by atoms with Crippen molar-refractivity contribution in [2.24, 2.45) is 5.16 Å². The molecule has 0 heterocycles. The molecular weight excluding hydrogens is 282 g/mol. The Morgan fingerprint density at radius 2 is 1.68 bits per heavy atom. The van der Waals surface area contributed by atoms with Gasteiger partial charge < -0.3 is 14.3 Å². The van der Waals surface area contributed by atoms with Gasteiger partial charge in [0.25, 0.3) is 0 Å². The van der Waals surface area contributed by atoms with Gasteiger partial charge in [-0.1, -0.05) is 47.6 Å². The number of carbonyl (C=O) groups excluding carboxylic acids is 1. The van der Waals surface area contributed by atoms with Crippen LogP contribution in [0.5, 0.6) is 5.75 Å². The quantitative estimate of drug-likeness (QED) is 0.341. The Kier molecular flexibility index (Phi) is 5.99. The summed E-state index contributed by atoms with van der Waals surface area (Å²) in [4.78, 5) is 15.5. The van der Waals surface area contributed by atoms with E-state index in [1.54, 1.807) is 0 Å². The van der Waals surface area contributed by atoms with E-state index in [0.717, 1.165) is 23.3 Å². The molecule has 0 aliphatic heterocycles. The highest BCUT2D eigenvalue weighted by atomic mass is 16.6. The van der Waals surface area contributed by atoms with Gasteiger partial charge in [-0.2, -0.15) is 0 Å². The molecule has 5 nitrogen and oxygen atoms in total. The van der Waals surface area contributed by atoms with Crippen molar-refractivity contribution in [3.63, 3.8) is 0 Å². The molecule has 22 heavy (non-hydrogen) atoms. The summed E-state index contributed by atoms with van der Waals surface area (Å²) in [5, 5.41) is 3.51. The maximum atomic E-state index is 10.5. The maximum absolute atomic E-state index is 10.5. The first-order chi connectivity index (χ1) is 10.7. The van der Waals surface area contributed by atoms with Crippen molar-refractivity contribution in [1.82, 2.24) is 0 Å². The molecular formula is C17H17NO4. The van der Waals surface area contributed by atoms with Crippen molar-refractivity contribution in [3.05, 3.63) is 65.7 Å². The van der Waals surface area contributed by atoms with E-state index >= 15 is 0 Å². The summed E-state index contributed by atoms with van der Waals surface area (Å²) in [7, 11) is 0. The third-order valence-corrected chi connectivity index (χ3v) is 2.74. The monoisotopic (exact) mass is 299 g/mol. The van der Waals surface area contributed by atoms with Crippen LogP contribution in [-0.4, -0.2) is 12.4 Å². The second-order valence-corrected chi connectivity index (χ2v) is 4.51. The number of rotatable bonds is 7. The van der Waals surface area contributed by atoms with Crippen molar-refractivity contribution in [2.45, 2.75) is 20.1 Å². The van der Waals surface area contributed by atoms with Crippen molar-refractivity contribution in [3.8, 4) is 5.75 Å². The predicted molar refractivity (Wildman–Crippen MR) is 82.3 cm³/mol. The molecule has 0 spiro atoms. The van der Waals surface area contributed by atoms with Crippen LogP contribution in [0.1, 0.15) is 18.1 Å². The van der Waals surface area contributed by atoms with Crippen LogP contribution in [0.2, 0.25) is 0 Å². The van der Waals surface area contributed by atoms with Crippen LogP contribution in [0, 0.1) is 0 Å². The minimum Gasteiger partial charge on any atom is -0.489 e. The molecule has 0 N–H and O–H groups in total. The van der Waals surface area contributed by atoms with Crippen LogP contribution in [0.3, 0.4) is 0 Å². The van der Waals surface area contributed by atoms with Crippen molar-refractivity contribution >= 4 is 12.4 Å². The van der Waals surface area contributed by atoms with Crippen LogP contribution in [0.15, 0.2) is 59.8 Å². The van der Waals surface area contributed by atoms with E-state index in [1.165, 1.54) is 6.92 Å². The number of ether oxygens (including phenoxy) is 2. The van der Waals surface area contributed by atoms with Crippen LogP contribution in [-0.2, 0) is 27.6 Å². The fourth-order valence-corrected chi connectivity index (χ4v) is 1.66. The van der Waals surface area contributed by atoms with Crippen LogP contribution >= 0.6 is 0 Å². The molecule has 2 rings (SSSR count). The average Bonchev–Trinajstić information content (AvgIpc) is 2.54. The lowest BCUT2D eigenvalue weighted by Crippen LogP contribution is -1.96. The van der Waals surface area contributed by atoms with Gasteiger partial charge in [0, 0.05) is 6.92 Å². The zero-order valence-corrected chi connectivity index (χ0v) is 12.3. The second kappa shape index (κ2) is 8.46. The molecule has 0 aliphatic rings. The number of benzene rings is 2. The lowest BCUT2D eigenvalue weighted by atomic mass is 10.2. The van der Waals surface area contributed by atoms with E-state index in [2.05, 4.69) is 9.89 Å². The summed E-state index contributed by atoms with van der Waals surface area (Å²) in [5.41, 5.74) is 2.06. The largest absolute Gasteiger partial charge is 0.489 e. The minimum absolute atomic E-state index is 0.288. The summed E-state index contributed by atoms with van der Waals surface area (Å²) in [5.74, 6) is 0.350. The zero-order chi connectivity index (χ0) is 15.6. The highest BCUT2D eigenvalue weighted by molar-refractivity contribution is 5.75. The van der Waals surface area contributed by atoms with Crippen LogP contribution in [0.25, 0.3) is 0 Å². The molecule has 0 unspecified atom stereocenters. The van der Waals surface area contributed by atoms with Gasteiger partial charge in [0.15, 0.2) is 0 Å². The topological polar surface area (TPSA) is 57.1 Å². The molecule has 2 aromatic rings. The third-order valence-electron chi connectivity index (χ3n) is 2.74. The highest BCUT2D eigenvalue weighted by Gasteiger charge is 1.97. The SMILES string of the molecule is CC(=O)O/C=N/OCc1ccc(OCc2ccccc2)cc1. The summed E-state index contributed by atoms with van der Waals surface area (Å²) in [6.45, 7) is 2.11. The summed E-state index contributed by atoms with van der Waals surface area (Å²) in [6.07, 6.45) is 0.972. The van der Waals surface area contributed by atoms with Gasteiger partial charge in [-0.15, -0.1) is 0 Å². The number of hydrogen-bond acceptors (Lipinski definition) is 5. The smallest absolute Gasteiger partial charge is 0.309 e. The zero-order valence-electron chi connectivity index (χ0n) is 12.3. The first-order valence-corrected chi connectivity index (χ1v) is 6.81. The molecule has 0 saturated heterocycles. The Morgan fingerprint density at radius 3 is 2.36 bits per heavy atom. The molecule has 0 fully saturated rings. The molecule has 0 aromatic heterocycles. The van der Waals surface area contributed by atoms with Gasteiger partial charge >= 0.3 is 5.97 Å². The minimum atomic E-state index is -0.438. The maximum Gasteiger partial charge on any atom is 0.309 e. The van der Waals surface area contributed by atoms with Crippen molar-refractivity contribution in [2.75, 3.05) is 0 Å². The van der Waals surface area contributed by atoms with E-state index in [-0.39, 0.29) is 6.61 Å². The Morgan fingerprint density at radius 1 is 1.00 bits per heavy atom. The third kappa shape index (κ3) is 5.66. The molecule has 0 bridgehead atoms. The van der Waals surface area contributed by atoms with Gasteiger partial charge in [-0.05, 0) is 23.3 Å². The molecule has 0 saturated carbocycles. The first-order valence-electron chi connectivity index (χ1n) is 6.81. The molecule has 0 aliphatic carbocycles. The van der Waals surface area contributed by atoms with Crippen molar-refractivity contribution < 1.29 is 19.1 Å². The highest BCUT2D eigenvalue weighted by Crippen LogP contribution is 2.14. The number of nitrogens with zero attached hydrogens (tertiary/aromatic N) is 1. The first kappa shape index (κ1) is 15.6. The molecule has 2 aromatic carbocycles. The Labute approximate surface area is 129 Å². The Bertz CT molecular complexity index is 608. The second-order valence-electron chi connectivity index (χ2n) is 4.51. The van der Waals surface area contributed by atoms with E-state index in [0.29, 0.717) is 6.61 Å². The molecule has 5 heteroatoms. The van der Waals surface area contributed by atoms with E-state index in [9.17, 15) is 4.79 Å². The summed E-state index contributed by atoms with van der Waals surface area (Å²) < 4.78 is 10.2. The molecule has 114 valence electrons. The van der Waals surface area contributed by atoms with E-state index in [1.807, 2.05) is 54.6 Å². The Balaban J connectivity index is 1.75. The number of hydrogen-bond donors (Lipinski definition) is 0. The Hall–Kier alpha value is -2.82. The molecule has 0 amide bonds. The standard InChI is InChI=1S/C17H17NO4/c1-14(19)21-13-18-22-12-16-7-9-17(10-8-16)20-11-15-5-3-2-4-6-15/h2-10,13H,11-12H2,1H3/b18-13+. The average molecular weight is 299 g/mol. The van der Waals surface area contributed by atoms with Gasteiger partial charge in [0.05, 0.1) is 0 Å². The number of carbonyl (C=O) groups is 1. The van der Waals surface area contributed by atoms with Gasteiger partial charge in [-0.25, -0.2) is 0 Å². The van der Waals surface area contributed by atoms with Crippen LogP contribution in [0.4, 0.5) is 0 Å². The van der Waals surface area contributed by atoms with E-state index in [4.69, 9.17) is 9.57 Å². The fourth-order valence-electron chi connectivity index (χ4n) is 1.66. The van der Waals surface area contributed by atoms with Gasteiger partial charge in [0.1, 0.15) is 19.0 Å². The van der Waals surface area contributed by atoms with E-state index < -0.39 is 5.97 Å². The lowest BCUT2D eigenvalue weighted by molar-refractivity contribution is -0.132. The predicted octanol–water partition coefficient (Wildman–Crippen LogP) is 3.29. The molecule has 0 atom stereocenters. The van der Waals surface area contributed by atoms with Crippen molar-refractivity contribution in [1.29, 1.82) is 0 Å². The lowest BCUT2D eigenvalue weighted by Gasteiger charge is -2.07. The molecule has 0 radical (unpaired) electrons. The summed E-state index contributed by atoms with van der Waals surface area (Å²) >= 11 is 0. The van der Waals surface area contributed by atoms with Gasteiger partial charge in [-0.3, -0.25) is 4.79 Å². The van der Waals surface area contributed by atoms with Gasteiger partial charge in [0.2, 0.25) is 6.40 Å².